The predicted octanol–water partition coefficient (Wildman–Crippen LogP) is 2.76. The van der Waals surface area contributed by atoms with Crippen molar-refractivity contribution in [2.45, 2.75) is 6.92 Å². The third-order valence-corrected chi connectivity index (χ3v) is 2.15. The van der Waals surface area contributed by atoms with Crippen LogP contribution in [0, 0.1) is 6.92 Å². The average Bonchev–Trinajstić information content (AvgIpc) is 2.09. The highest BCUT2D eigenvalue weighted by Crippen LogP contribution is 2.37. The molecule has 0 aliphatic heterocycles. The monoisotopic (exact) mass is 206 g/mol. The molecule has 0 heterocycles. The van der Waals surface area contributed by atoms with Gasteiger partial charge in [0.25, 0.3) is 0 Å². The number of hydrogen-bond donors (Lipinski definition) is 1. The fraction of sp³-hybridized carbons (Fsp3) is 0.143. The highest BCUT2D eigenvalue weighted by molar-refractivity contribution is 7.42. The number of hydrogen-bond acceptors (Lipinski definition) is 3. The van der Waals surface area contributed by atoms with Gasteiger partial charge in [0.15, 0.2) is 0 Å². The smallest absolute Gasteiger partial charge is 0.412 e. The van der Waals surface area contributed by atoms with E-state index >= 15 is 0 Å². The maximum atomic E-state index is 8.92. The van der Waals surface area contributed by atoms with Gasteiger partial charge in [-0.1, -0.05) is 18.2 Å². The Morgan fingerprint density at radius 3 is 2.67 bits per heavy atom. The molecule has 0 amide bonds. The van der Waals surface area contributed by atoms with Gasteiger partial charge in [0.2, 0.25) is 0 Å². The van der Waals surface area contributed by atoms with Gasteiger partial charge in [0.05, 0.1) is 11.9 Å². The Morgan fingerprint density at radius 1 is 1.42 bits per heavy atom. The second-order valence-electron chi connectivity index (χ2n) is 2.16. The molecule has 0 radical (unpaired) electrons. The molecule has 12 heavy (non-hydrogen) atoms. The van der Waals surface area contributed by atoms with Gasteiger partial charge in [-0.3, -0.25) is 0 Å². The van der Waals surface area contributed by atoms with Crippen LogP contribution in [-0.4, -0.2) is 4.89 Å². The summed E-state index contributed by atoms with van der Waals surface area (Å²) in [5, 5.41) is 0. The average molecular weight is 207 g/mol. The van der Waals surface area contributed by atoms with Gasteiger partial charge in [-0.15, -0.1) is 0 Å². The highest BCUT2D eigenvalue weighted by Gasteiger charge is 2.08. The maximum Gasteiger partial charge on any atom is 0.412 e. The number of aryl methyl sites for hydroxylation is 1. The molecule has 1 rings (SSSR count). The zero-order valence-corrected chi connectivity index (χ0v) is 8.05. The fourth-order valence-electron chi connectivity index (χ4n) is 0.757. The Morgan fingerprint density at radius 2 is 2.08 bits per heavy atom. The standard InChI is InChI=1S/C7H8ClO3P/c1-6-4-2-3-5-7(6)10-12(9)11-8/h2-5,9H,1H3. The molecule has 1 N–H and O–H groups in total. The van der Waals surface area contributed by atoms with Crippen LogP contribution in [0.15, 0.2) is 24.3 Å². The first-order valence-corrected chi connectivity index (χ1v) is 4.69. The molecule has 0 spiro atoms. The summed E-state index contributed by atoms with van der Waals surface area (Å²) in [7, 11) is -2.01. The lowest BCUT2D eigenvalue weighted by Gasteiger charge is -2.08. The van der Waals surface area contributed by atoms with Crippen molar-refractivity contribution < 1.29 is 13.5 Å². The van der Waals surface area contributed by atoms with E-state index in [9.17, 15) is 0 Å². The van der Waals surface area contributed by atoms with Crippen LogP contribution in [0.4, 0.5) is 0 Å². The Balaban J connectivity index is 2.69. The van der Waals surface area contributed by atoms with Crippen LogP contribution in [-0.2, 0) is 4.08 Å². The van der Waals surface area contributed by atoms with Crippen molar-refractivity contribution in [3.63, 3.8) is 0 Å². The normalized spacial score (nSPS) is 12.6. The van der Waals surface area contributed by atoms with E-state index in [1.807, 2.05) is 19.1 Å². The molecule has 5 heteroatoms. The van der Waals surface area contributed by atoms with E-state index in [2.05, 4.69) is 4.08 Å². The van der Waals surface area contributed by atoms with E-state index in [-0.39, 0.29) is 0 Å². The minimum absolute atomic E-state index is 0.576. The van der Waals surface area contributed by atoms with E-state index in [0.717, 1.165) is 5.56 Å². The zero-order valence-electron chi connectivity index (χ0n) is 6.40. The van der Waals surface area contributed by atoms with Crippen molar-refractivity contribution in [3.05, 3.63) is 29.8 Å². The summed E-state index contributed by atoms with van der Waals surface area (Å²) < 4.78 is 9.04. The van der Waals surface area contributed by atoms with Gasteiger partial charge in [0.1, 0.15) is 5.75 Å². The molecule has 0 saturated heterocycles. The molecule has 1 unspecified atom stereocenters. The van der Waals surface area contributed by atoms with Crippen LogP contribution in [0.3, 0.4) is 0 Å². The molecule has 0 fully saturated rings. The maximum absolute atomic E-state index is 8.92. The molecule has 0 aromatic heterocycles. The molecule has 0 bridgehead atoms. The quantitative estimate of drug-likeness (QED) is 0.773. The van der Waals surface area contributed by atoms with Crippen molar-refractivity contribution >= 4 is 20.5 Å². The van der Waals surface area contributed by atoms with Gasteiger partial charge in [0, 0.05) is 0 Å². The minimum atomic E-state index is -2.01. The van der Waals surface area contributed by atoms with Gasteiger partial charge < -0.3 is 9.42 Å². The van der Waals surface area contributed by atoms with Gasteiger partial charge >= 0.3 is 8.60 Å². The lowest BCUT2D eigenvalue weighted by molar-refractivity contribution is 0.395. The van der Waals surface area contributed by atoms with Crippen LogP contribution in [0.1, 0.15) is 5.56 Å². The summed E-state index contributed by atoms with van der Waals surface area (Å²) in [5.41, 5.74) is 0.924. The van der Waals surface area contributed by atoms with E-state index in [4.69, 9.17) is 21.3 Å². The number of halogens is 1. The lowest BCUT2D eigenvalue weighted by Crippen LogP contribution is -1.88. The van der Waals surface area contributed by atoms with E-state index < -0.39 is 8.60 Å². The Labute approximate surface area is 77.1 Å². The molecular formula is C7H8ClO3P. The first kappa shape index (κ1) is 9.75. The first-order chi connectivity index (χ1) is 5.74. The SMILES string of the molecule is Cc1ccccc1OP(O)OCl. The van der Waals surface area contributed by atoms with Crippen LogP contribution in [0.2, 0.25) is 0 Å². The van der Waals surface area contributed by atoms with Crippen LogP contribution >= 0.6 is 20.5 Å². The van der Waals surface area contributed by atoms with Crippen molar-refractivity contribution in [2.75, 3.05) is 0 Å². The minimum Gasteiger partial charge on any atom is -0.426 e. The molecule has 0 aliphatic carbocycles. The topological polar surface area (TPSA) is 38.7 Å². The third-order valence-electron chi connectivity index (χ3n) is 1.33. The molecule has 1 aromatic carbocycles. The lowest BCUT2D eigenvalue weighted by atomic mass is 10.2. The predicted molar refractivity (Wildman–Crippen MR) is 47.9 cm³/mol. The molecule has 1 atom stereocenters. The summed E-state index contributed by atoms with van der Waals surface area (Å²) in [5.74, 6) is 0.576. The summed E-state index contributed by atoms with van der Waals surface area (Å²) in [4.78, 5) is 8.92. The van der Waals surface area contributed by atoms with Crippen LogP contribution in [0.25, 0.3) is 0 Å². The number of benzene rings is 1. The zero-order chi connectivity index (χ0) is 8.97. The van der Waals surface area contributed by atoms with Gasteiger partial charge in [-0.2, -0.15) is 4.08 Å². The molecule has 3 nitrogen and oxygen atoms in total. The largest absolute Gasteiger partial charge is 0.426 e. The van der Waals surface area contributed by atoms with Crippen molar-refractivity contribution in [1.82, 2.24) is 0 Å². The molecule has 0 saturated carbocycles. The second kappa shape index (κ2) is 4.63. The van der Waals surface area contributed by atoms with E-state index in [1.165, 1.54) is 0 Å². The Bertz CT molecular complexity index is 256. The van der Waals surface area contributed by atoms with Gasteiger partial charge in [-0.25, -0.2) is 0 Å². The molecule has 66 valence electrons. The third kappa shape index (κ3) is 2.61. The Kier molecular flexibility index (Phi) is 3.76. The highest BCUT2D eigenvalue weighted by atomic mass is 35.5. The summed E-state index contributed by atoms with van der Waals surface area (Å²) >= 11 is 4.91. The van der Waals surface area contributed by atoms with E-state index in [0.29, 0.717) is 5.75 Å². The summed E-state index contributed by atoms with van der Waals surface area (Å²) in [6.45, 7) is 1.87. The molecular weight excluding hydrogens is 199 g/mol. The van der Waals surface area contributed by atoms with Crippen LogP contribution in [0.5, 0.6) is 5.75 Å². The van der Waals surface area contributed by atoms with Crippen molar-refractivity contribution in [3.8, 4) is 5.75 Å². The summed E-state index contributed by atoms with van der Waals surface area (Å²) in [6.07, 6.45) is 0. The van der Waals surface area contributed by atoms with Crippen LogP contribution < -0.4 is 4.52 Å². The summed E-state index contributed by atoms with van der Waals surface area (Å²) in [6, 6.07) is 7.28. The number of para-hydroxylation sites is 1. The molecule has 0 aliphatic rings. The first-order valence-electron chi connectivity index (χ1n) is 3.25. The van der Waals surface area contributed by atoms with Crippen molar-refractivity contribution in [1.29, 1.82) is 0 Å². The second-order valence-corrected chi connectivity index (χ2v) is 3.37. The van der Waals surface area contributed by atoms with E-state index in [1.54, 1.807) is 12.1 Å². The Hall–Kier alpha value is -0.340. The van der Waals surface area contributed by atoms with Gasteiger partial charge in [-0.05, 0) is 18.6 Å². The molecule has 1 aromatic rings. The number of rotatable bonds is 3. The fourth-order valence-corrected chi connectivity index (χ4v) is 1.24. The van der Waals surface area contributed by atoms with Crippen molar-refractivity contribution in [2.24, 2.45) is 0 Å².